The van der Waals surface area contributed by atoms with E-state index in [4.69, 9.17) is 4.74 Å². The molecular weight excluding hydrogens is 494 g/mol. The van der Waals surface area contributed by atoms with E-state index in [2.05, 4.69) is 0 Å². The van der Waals surface area contributed by atoms with Gasteiger partial charge in [0.2, 0.25) is 11.8 Å². The number of benzene rings is 2. The van der Waals surface area contributed by atoms with Gasteiger partial charge in [0.05, 0.1) is 25.0 Å². The normalized spacial score (nSPS) is 26.2. The van der Waals surface area contributed by atoms with E-state index in [1.807, 2.05) is 54.6 Å². The van der Waals surface area contributed by atoms with Crippen molar-refractivity contribution in [1.29, 1.82) is 0 Å². The molecule has 1 fully saturated rings. The van der Waals surface area contributed by atoms with Crippen LogP contribution in [0, 0.1) is 17.8 Å². The Kier molecular flexibility index (Phi) is 6.39. The predicted molar refractivity (Wildman–Crippen MR) is 142 cm³/mol. The quantitative estimate of drug-likeness (QED) is 0.352. The highest BCUT2D eigenvalue weighted by atomic mass is 16.5. The third-order valence-corrected chi connectivity index (χ3v) is 8.42. The van der Waals surface area contributed by atoms with Gasteiger partial charge < -0.3 is 9.84 Å². The number of para-hydroxylation sites is 1. The molecule has 0 spiro atoms. The standard InChI is InChI=1S/C32H29NO6/c1-18-15-25(35)24-16-23-20(27(29(24)30(18)36)21-9-5-6-10-26(21)39-14-13-34)11-12-22-28(23)32(38)33(31(22)37)17-19-7-3-2-4-8-19/h2-11,15,22-23,27-28,34H,12-14,16-17H2,1H3/t22-,23+,27+,28-/m0/s1. The molecule has 0 bridgehead atoms. The molecule has 198 valence electrons. The molecule has 1 heterocycles. The van der Waals surface area contributed by atoms with E-state index >= 15 is 0 Å². The number of hydrogen-bond donors (Lipinski definition) is 1. The lowest BCUT2D eigenvalue weighted by atomic mass is 9.59. The molecule has 0 saturated carbocycles. The Hall–Kier alpha value is -4.10. The number of carbonyl (C=O) groups excluding carboxylic acids is 4. The van der Waals surface area contributed by atoms with Crippen LogP contribution in [0.15, 0.2) is 89.0 Å². The van der Waals surface area contributed by atoms with Crippen molar-refractivity contribution in [2.24, 2.45) is 17.8 Å². The summed E-state index contributed by atoms with van der Waals surface area (Å²) in [6, 6.07) is 16.7. The van der Waals surface area contributed by atoms with Gasteiger partial charge in [0.25, 0.3) is 0 Å². The summed E-state index contributed by atoms with van der Waals surface area (Å²) in [5, 5.41) is 9.38. The van der Waals surface area contributed by atoms with Gasteiger partial charge in [-0.05, 0) is 43.4 Å². The summed E-state index contributed by atoms with van der Waals surface area (Å²) in [6.07, 6.45) is 4.02. The first-order valence-electron chi connectivity index (χ1n) is 13.3. The molecule has 39 heavy (non-hydrogen) atoms. The molecule has 2 aromatic carbocycles. The fraction of sp³-hybridized carbons (Fsp3) is 0.312. The Morgan fingerprint density at radius 3 is 2.46 bits per heavy atom. The summed E-state index contributed by atoms with van der Waals surface area (Å²) in [4.78, 5) is 55.6. The third kappa shape index (κ3) is 4.08. The number of imide groups is 1. The van der Waals surface area contributed by atoms with Crippen LogP contribution in [0.2, 0.25) is 0 Å². The summed E-state index contributed by atoms with van der Waals surface area (Å²) >= 11 is 0. The molecule has 4 aliphatic rings. The smallest absolute Gasteiger partial charge is 0.234 e. The molecule has 6 rings (SSSR count). The van der Waals surface area contributed by atoms with Crippen LogP contribution in [0.5, 0.6) is 5.75 Å². The minimum absolute atomic E-state index is 0.0794. The van der Waals surface area contributed by atoms with E-state index < -0.39 is 17.8 Å². The number of rotatable bonds is 6. The number of aliphatic hydroxyl groups is 1. The summed E-state index contributed by atoms with van der Waals surface area (Å²) in [5.74, 6) is -2.37. The SMILES string of the molecule is CC1=CC(=O)C2=C(C1=O)[C@@H](c1ccccc1OCCO)C1=CC[C@@H]3C(=O)N(Cc4ccccc4)C(=O)[C@@H]3[C@@H]1C2. The highest BCUT2D eigenvalue weighted by Gasteiger charge is 2.56. The second-order valence-electron chi connectivity index (χ2n) is 10.6. The Balaban J connectivity index is 1.45. The van der Waals surface area contributed by atoms with Crippen molar-refractivity contribution in [3.05, 3.63) is 100 Å². The highest BCUT2D eigenvalue weighted by Crippen LogP contribution is 2.56. The molecular formula is C32H29NO6. The number of allylic oxidation sites excluding steroid dienone is 6. The van der Waals surface area contributed by atoms with Crippen molar-refractivity contribution in [3.63, 3.8) is 0 Å². The summed E-state index contributed by atoms with van der Waals surface area (Å²) in [6.45, 7) is 1.76. The van der Waals surface area contributed by atoms with E-state index in [9.17, 15) is 24.3 Å². The average molecular weight is 524 g/mol. The summed E-state index contributed by atoms with van der Waals surface area (Å²) in [5.41, 5.74) is 3.69. The lowest BCUT2D eigenvalue weighted by Gasteiger charge is -2.42. The minimum atomic E-state index is -0.599. The van der Waals surface area contributed by atoms with Crippen molar-refractivity contribution < 1.29 is 29.0 Å². The van der Waals surface area contributed by atoms with Gasteiger partial charge in [-0.3, -0.25) is 24.1 Å². The van der Waals surface area contributed by atoms with Crippen LogP contribution in [0.3, 0.4) is 0 Å². The van der Waals surface area contributed by atoms with Crippen molar-refractivity contribution in [2.45, 2.75) is 32.2 Å². The Morgan fingerprint density at radius 2 is 1.69 bits per heavy atom. The molecule has 2 aromatic rings. The molecule has 1 saturated heterocycles. The van der Waals surface area contributed by atoms with Crippen molar-refractivity contribution in [3.8, 4) is 5.75 Å². The molecule has 7 nitrogen and oxygen atoms in total. The van der Waals surface area contributed by atoms with Gasteiger partial charge in [-0.25, -0.2) is 0 Å². The molecule has 3 aliphatic carbocycles. The van der Waals surface area contributed by atoms with Crippen LogP contribution < -0.4 is 4.74 Å². The molecule has 0 unspecified atom stereocenters. The number of aliphatic hydroxyl groups excluding tert-OH is 1. The first kappa shape index (κ1) is 25.2. The first-order chi connectivity index (χ1) is 18.9. The monoisotopic (exact) mass is 523 g/mol. The number of hydrogen-bond acceptors (Lipinski definition) is 6. The lowest BCUT2D eigenvalue weighted by Crippen LogP contribution is -2.39. The fourth-order valence-electron chi connectivity index (χ4n) is 6.71. The number of ketones is 2. The van der Waals surface area contributed by atoms with E-state index in [0.717, 1.165) is 11.1 Å². The first-order valence-corrected chi connectivity index (χ1v) is 13.3. The maximum absolute atomic E-state index is 13.9. The Bertz CT molecular complexity index is 1480. The van der Waals surface area contributed by atoms with Gasteiger partial charge in [0.15, 0.2) is 11.6 Å². The molecule has 1 N–H and O–H groups in total. The second kappa shape index (κ2) is 9.89. The number of Topliss-reactive ketones (excluding diaryl/α,β-unsaturated/α-hetero) is 1. The fourth-order valence-corrected chi connectivity index (χ4v) is 6.71. The number of carbonyl (C=O) groups is 4. The Morgan fingerprint density at radius 1 is 0.949 bits per heavy atom. The van der Waals surface area contributed by atoms with Crippen molar-refractivity contribution in [1.82, 2.24) is 4.90 Å². The van der Waals surface area contributed by atoms with Gasteiger partial charge in [-0.1, -0.05) is 60.2 Å². The van der Waals surface area contributed by atoms with E-state index in [-0.39, 0.29) is 55.5 Å². The average Bonchev–Trinajstić information content (AvgIpc) is 3.19. The number of nitrogens with zero attached hydrogens (tertiary/aromatic N) is 1. The van der Waals surface area contributed by atoms with Gasteiger partial charge in [-0.15, -0.1) is 0 Å². The summed E-state index contributed by atoms with van der Waals surface area (Å²) < 4.78 is 5.86. The Labute approximate surface area is 226 Å². The zero-order chi connectivity index (χ0) is 27.3. The minimum Gasteiger partial charge on any atom is -0.491 e. The molecule has 0 radical (unpaired) electrons. The van der Waals surface area contributed by atoms with Crippen molar-refractivity contribution >= 4 is 23.4 Å². The van der Waals surface area contributed by atoms with Gasteiger partial charge in [0.1, 0.15) is 12.4 Å². The zero-order valence-corrected chi connectivity index (χ0v) is 21.6. The summed E-state index contributed by atoms with van der Waals surface area (Å²) in [7, 11) is 0. The van der Waals surface area contributed by atoms with Crippen LogP contribution in [-0.2, 0) is 25.7 Å². The van der Waals surface area contributed by atoms with Gasteiger partial charge >= 0.3 is 0 Å². The van der Waals surface area contributed by atoms with Crippen LogP contribution in [0.1, 0.15) is 36.8 Å². The number of amides is 2. The van der Waals surface area contributed by atoms with Gasteiger partial charge in [-0.2, -0.15) is 0 Å². The lowest BCUT2D eigenvalue weighted by molar-refractivity contribution is -0.140. The van der Waals surface area contributed by atoms with Crippen LogP contribution in [0.4, 0.5) is 0 Å². The van der Waals surface area contributed by atoms with Crippen LogP contribution in [0.25, 0.3) is 0 Å². The van der Waals surface area contributed by atoms with E-state index in [0.29, 0.717) is 34.5 Å². The van der Waals surface area contributed by atoms with Crippen LogP contribution >= 0.6 is 0 Å². The zero-order valence-electron chi connectivity index (χ0n) is 21.6. The predicted octanol–water partition coefficient (Wildman–Crippen LogP) is 3.69. The molecule has 4 atom stereocenters. The van der Waals surface area contributed by atoms with E-state index in [1.165, 1.54) is 11.0 Å². The third-order valence-electron chi connectivity index (χ3n) is 8.42. The van der Waals surface area contributed by atoms with Crippen molar-refractivity contribution in [2.75, 3.05) is 13.2 Å². The molecule has 0 aromatic heterocycles. The topological polar surface area (TPSA) is 101 Å². The molecule has 1 aliphatic heterocycles. The number of likely N-dealkylation sites (tertiary alicyclic amines) is 1. The van der Waals surface area contributed by atoms with Crippen LogP contribution in [-0.4, -0.2) is 46.6 Å². The number of ether oxygens (including phenoxy) is 1. The maximum Gasteiger partial charge on any atom is 0.234 e. The molecule has 7 heteroatoms. The molecule has 2 amide bonds. The maximum atomic E-state index is 13.9. The number of fused-ring (bicyclic) bond motifs is 3. The second-order valence-corrected chi connectivity index (χ2v) is 10.6. The highest BCUT2D eigenvalue weighted by molar-refractivity contribution is 6.24. The van der Waals surface area contributed by atoms with Gasteiger partial charge in [0, 0.05) is 28.2 Å². The largest absolute Gasteiger partial charge is 0.491 e. The van der Waals surface area contributed by atoms with E-state index in [1.54, 1.807) is 13.0 Å².